The van der Waals surface area contributed by atoms with E-state index < -0.39 is 5.91 Å². The van der Waals surface area contributed by atoms with Crippen molar-refractivity contribution >= 4 is 17.5 Å². The van der Waals surface area contributed by atoms with Gasteiger partial charge in [-0.25, -0.2) is 9.67 Å². The van der Waals surface area contributed by atoms with E-state index in [9.17, 15) is 9.59 Å². The van der Waals surface area contributed by atoms with Gasteiger partial charge in [-0.1, -0.05) is 6.07 Å². The van der Waals surface area contributed by atoms with Crippen LogP contribution in [0.25, 0.3) is 5.82 Å². The summed E-state index contributed by atoms with van der Waals surface area (Å²) in [4.78, 5) is 27.8. The number of aromatic nitrogens is 3. The fourth-order valence-electron chi connectivity index (χ4n) is 2.46. The van der Waals surface area contributed by atoms with E-state index in [-0.39, 0.29) is 5.91 Å². The predicted molar refractivity (Wildman–Crippen MR) is 93.7 cm³/mol. The third kappa shape index (κ3) is 3.55. The van der Waals surface area contributed by atoms with Crippen molar-refractivity contribution in [2.24, 2.45) is 5.73 Å². The zero-order chi connectivity index (χ0) is 18.0. The van der Waals surface area contributed by atoms with Crippen LogP contribution in [0.1, 0.15) is 32.1 Å². The second kappa shape index (κ2) is 6.56. The highest BCUT2D eigenvalue weighted by atomic mass is 16.2. The summed E-state index contributed by atoms with van der Waals surface area (Å²) in [6.45, 7) is 3.85. The molecule has 0 aliphatic rings. The molecule has 0 spiro atoms. The lowest BCUT2D eigenvalue weighted by Crippen LogP contribution is -2.15. The molecule has 0 radical (unpaired) electrons. The normalized spacial score (nSPS) is 10.5. The standard InChI is InChI=1S/C18H17N5O2/c1-11-8-12(2)23(22-11)16-7-6-14(10-20-16)18(25)21-15-5-3-4-13(9-15)17(19)24/h3-10H,1-2H3,(H2,19,24)(H,21,25). The average molecular weight is 335 g/mol. The van der Waals surface area contributed by atoms with E-state index in [2.05, 4.69) is 15.4 Å². The lowest BCUT2D eigenvalue weighted by molar-refractivity contribution is 0.0996. The van der Waals surface area contributed by atoms with Crippen molar-refractivity contribution in [2.75, 3.05) is 5.32 Å². The molecule has 0 saturated heterocycles. The van der Waals surface area contributed by atoms with Crippen LogP contribution in [0.5, 0.6) is 0 Å². The monoisotopic (exact) mass is 335 g/mol. The number of nitrogens with one attached hydrogen (secondary N) is 1. The molecule has 3 N–H and O–H groups in total. The minimum atomic E-state index is -0.549. The predicted octanol–water partition coefficient (Wildman–Crippen LogP) is 2.24. The van der Waals surface area contributed by atoms with Gasteiger partial charge in [-0.15, -0.1) is 0 Å². The van der Waals surface area contributed by atoms with E-state index in [4.69, 9.17) is 5.73 Å². The van der Waals surface area contributed by atoms with Crippen molar-refractivity contribution < 1.29 is 9.59 Å². The summed E-state index contributed by atoms with van der Waals surface area (Å²) in [5.41, 5.74) is 8.32. The molecule has 0 saturated carbocycles. The number of carbonyl (C=O) groups excluding carboxylic acids is 2. The molecule has 2 aromatic heterocycles. The molecule has 0 bridgehead atoms. The summed E-state index contributed by atoms with van der Waals surface area (Å²) in [7, 11) is 0. The molecule has 2 heterocycles. The van der Waals surface area contributed by atoms with E-state index in [0.29, 0.717) is 22.6 Å². The van der Waals surface area contributed by atoms with E-state index in [1.54, 1.807) is 35.0 Å². The summed E-state index contributed by atoms with van der Waals surface area (Å²) in [6.07, 6.45) is 1.49. The molecule has 0 fully saturated rings. The van der Waals surface area contributed by atoms with Crippen LogP contribution >= 0.6 is 0 Å². The quantitative estimate of drug-likeness (QED) is 0.763. The van der Waals surface area contributed by atoms with Gasteiger partial charge in [0.25, 0.3) is 5.91 Å². The Bertz CT molecular complexity index is 944. The summed E-state index contributed by atoms with van der Waals surface area (Å²) in [6, 6.07) is 11.8. The fraction of sp³-hybridized carbons (Fsp3) is 0.111. The molecule has 2 amide bonds. The fourth-order valence-corrected chi connectivity index (χ4v) is 2.46. The van der Waals surface area contributed by atoms with E-state index in [0.717, 1.165) is 11.4 Å². The Labute approximate surface area is 144 Å². The lowest BCUT2D eigenvalue weighted by atomic mass is 10.2. The molecule has 7 nitrogen and oxygen atoms in total. The van der Waals surface area contributed by atoms with Gasteiger partial charge in [0.15, 0.2) is 5.82 Å². The van der Waals surface area contributed by atoms with E-state index in [1.165, 1.54) is 12.3 Å². The van der Waals surface area contributed by atoms with Gasteiger partial charge in [0.1, 0.15) is 0 Å². The number of nitrogens with zero attached hydrogens (tertiary/aromatic N) is 3. The van der Waals surface area contributed by atoms with Crippen molar-refractivity contribution in [1.82, 2.24) is 14.8 Å². The van der Waals surface area contributed by atoms with Crippen molar-refractivity contribution in [3.05, 3.63) is 71.2 Å². The van der Waals surface area contributed by atoms with Crippen molar-refractivity contribution in [2.45, 2.75) is 13.8 Å². The highest BCUT2D eigenvalue weighted by Gasteiger charge is 2.10. The summed E-state index contributed by atoms with van der Waals surface area (Å²) in [5, 5.41) is 7.08. The molecule has 0 unspecified atom stereocenters. The molecular formula is C18H17N5O2. The van der Waals surface area contributed by atoms with E-state index >= 15 is 0 Å². The molecule has 1 aromatic carbocycles. The number of benzene rings is 1. The Morgan fingerprint density at radius 3 is 2.48 bits per heavy atom. The molecule has 0 aliphatic carbocycles. The van der Waals surface area contributed by atoms with Crippen LogP contribution in [0, 0.1) is 13.8 Å². The molecule has 3 aromatic rings. The van der Waals surface area contributed by atoms with Gasteiger partial charge >= 0.3 is 0 Å². The first kappa shape index (κ1) is 16.4. The minimum absolute atomic E-state index is 0.325. The highest BCUT2D eigenvalue weighted by Crippen LogP contribution is 2.14. The van der Waals surface area contributed by atoms with Crippen molar-refractivity contribution in [1.29, 1.82) is 0 Å². The number of pyridine rings is 1. The van der Waals surface area contributed by atoms with Gasteiger partial charge in [-0.2, -0.15) is 5.10 Å². The first-order valence-electron chi connectivity index (χ1n) is 7.65. The van der Waals surface area contributed by atoms with E-state index in [1.807, 2.05) is 19.9 Å². The number of hydrogen-bond acceptors (Lipinski definition) is 4. The third-order valence-electron chi connectivity index (χ3n) is 3.64. The molecule has 7 heteroatoms. The number of anilines is 1. The Morgan fingerprint density at radius 1 is 1.08 bits per heavy atom. The first-order chi connectivity index (χ1) is 11.9. The van der Waals surface area contributed by atoms with Crippen LogP contribution in [0.3, 0.4) is 0 Å². The van der Waals surface area contributed by atoms with Crippen LogP contribution in [-0.2, 0) is 0 Å². The van der Waals surface area contributed by atoms with Crippen LogP contribution in [0.2, 0.25) is 0 Å². The molecule has 3 rings (SSSR count). The third-order valence-corrected chi connectivity index (χ3v) is 3.64. The largest absolute Gasteiger partial charge is 0.366 e. The zero-order valence-corrected chi connectivity index (χ0v) is 13.9. The Morgan fingerprint density at radius 2 is 1.88 bits per heavy atom. The SMILES string of the molecule is Cc1cc(C)n(-c2ccc(C(=O)Nc3cccc(C(N)=O)c3)cn2)n1. The van der Waals surface area contributed by atoms with Crippen LogP contribution in [-0.4, -0.2) is 26.6 Å². The highest BCUT2D eigenvalue weighted by molar-refractivity contribution is 6.04. The van der Waals surface area contributed by atoms with Gasteiger partial charge in [0, 0.05) is 23.1 Å². The number of aryl methyl sites for hydroxylation is 2. The minimum Gasteiger partial charge on any atom is -0.366 e. The number of amides is 2. The summed E-state index contributed by atoms with van der Waals surface area (Å²) < 4.78 is 1.72. The molecule has 25 heavy (non-hydrogen) atoms. The number of primary amides is 1. The smallest absolute Gasteiger partial charge is 0.257 e. The Kier molecular flexibility index (Phi) is 4.30. The average Bonchev–Trinajstić information content (AvgIpc) is 2.93. The number of rotatable bonds is 4. The topological polar surface area (TPSA) is 103 Å². The van der Waals surface area contributed by atoms with Crippen LogP contribution in [0.4, 0.5) is 5.69 Å². The first-order valence-corrected chi connectivity index (χ1v) is 7.65. The lowest BCUT2D eigenvalue weighted by Gasteiger charge is -2.07. The zero-order valence-electron chi connectivity index (χ0n) is 13.9. The van der Waals surface area contributed by atoms with Crippen LogP contribution in [0.15, 0.2) is 48.7 Å². The maximum atomic E-state index is 12.3. The second-order valence-electron chi connectivity index (χ2n) is 5.64. The number of nitrogens with two attached hydrogens (primary N) is 1. The van der Waals surface area contributed by atoms with Gasteiger partial charge in [-0.3, -0.25) is 9.59 Å². The second-order valence-corrected chi connectivity index (χ2v) is 5.64. The number of hydrogen-bond donors (Lipinski definition) is 2. The Balaban J connectivity index is 1.78. The van der Waals surface area contributed by atoms with Gasteiger partial charge in [0.2, 0.25) is 5.91 Å². The van der Waals surface area contributed by atoms with Crippen LogP contribution < -0.4 is 11.1 Å². The maximum Gasteiger partial charge on any atom is 0.257 e. The molecule has 126 valence electrons. The molecule has 0 aliphatic heterocycles. The molecular weight excluding hydrogens is 318 g/mol. The number of carbonyl (C=O) groups is 2. The maximum absolute atomic E-state index is 12.3. The van der Waals surface area contributed by atoms with Crippen molar-refractivity contribution in [3.8, 4) is 5.82 Å². The molecule has 0 atom stereocenters. The van der Waals surface area contributed by atoms with Crippen molar-refractivity contribution in [3.63, 3.8) is 0 Å². The summed E-state index contributed by atoms with van der Waals surface area (Å²) in [5.74, 6) is -0.237. The summed E-state index contributed by atoms with van der Waals surface area (Å²) >= 11 is 0. The van der Waals surface area contributed by atoms with Gasteiger partial charge in [-0.05, 0) is 50.2 Å². The van der Waals surface area contributed by atoms with Gasteiger partial charge in [0.05, 0.1) is 11.3 Å². The Hall–Kier alpha value is -3.48. The van der Waals surface area contributed by atoms with Gasteiger partial charge < -0.3 is 11.1 Å².